The van der Waals surface area contributed by atoms with Gasteiger partial charge in [-0.05, 0) is 49.8 Å². The van der Waals surface area contributed by atoms with E-state index in [2.05, 4.69) is 22.4 Å². The summed E-state index contributed by atoms with van der Waals surface area (Å²) in [5.74, 6) is -0.655. The van der Waals surface area contributed by atoms with E-state index in [0.717, 1.165) is 35.4 Å². The standard InChI is InChI=1S/C26H28N2O3/c1-4-16(2)31-26(30)23-17(3)28-21-13-20(18-9-6-5-7-10-18)14-22(29)25(21)24(23)19-11-8-12-27-15-19/h5-12,15-16,20,24,28H,4,13-14H2,1-3H3/t16-,20-,24+/m1/s1. The Morgan fingerprint density at radius 3 is 2.58 bits per heavy atom. The summed E-state index contributed by atoms with van der Waals surface area (Å²) in [7, 11) is 0. The minimum Gasteiger partial charge on any atom is -0.459 e. The number of ether oxygens (including phenoxy) is 1. The van der Waals surface area contributed by atoms with E-state index in [1.54, 1.807) is 12.4 Å². The SMILES string of the molecule is CC[C@@H](C)OC(=O)C1=C(C)NC2=C(C(=O)C[C@H](c3ccccc3)C2)[C@H]1c1cccnc1. The lowest BCUT2D eigenvalue weighted by Gasteiger charge is -2.36. The first-order chi connectivity index (χ1) is 15.0. The monoisotopic (exact) mass is 416 g/mol. The Bertz CT molecular complexity index is 1040. The van der Waals surface area contributed by atoms with E-state index in [9.17, 15) is 9.59 Å². The fraction of sp³-hybridized carbons (Fsp3) is 0.346. The van der Waals surface area contributed by atoms with Crippen LogP contribution in [0.25, 0.3) is 0 Å². The molecule has 0 saturated heterocycles. The minimum absolute atomic E-state index is 0.0674. The predicted molar refractivity (Wildman–Crippen MR) is 119 cm³/mol. The van der Waals surface area contributed by atoms with Gasteiger partial charge in [-0.3, -0.25) is 9.78 Å². The molecule has 0 spiro atoms. The van der Waals surface area contributed by atoms with Crippen molar-refractivity contribution < 1.29 is 14.3 Å². The number of Topliss-reactive ketones (excluding diaryl/α,β-unsaturated/α-hetero) is 1. The van der Waals surface area contributed by atoms with Crippen LogP contribution in [-0.2, 0) is 14.3 Å². The van der Waals surface area contributed by atoms with E-state index >= 15 is 0 Å². The normalized spacial score (nSPS) is 22.0. The van der Waals surface area contributed by atoms with Crippen molar-refractivity contribution in [3.63, 3.8) is 0 Å². The molecule has 0 amide bonds. The number of benzene rings is 1. The van der Waals surface area contributed by atoms with Gasteiger partial charge >= 0.3 is 5.97 Å². The number of aromatic nitrogens is 1. The molecular formula is C26H28N2O3. The fourth-order valence-electron chi connectivity index (χ4n) is 4.48. The van der Waals surface area contributed by atoms with Crippen LogP contribution in [0.1, 0.15) is 63.0 Å². The number of carbonyl (C=O) groups excluding carboxylic acids is 2. The zero-order valence-electron chi connectivity index (χ0n) is 18.2. The molecule has 0 saturated carbocycles. The van der Waals surface area contributed by atoms with Gasteiger partial charge < -0.3 is 10.1 Å². The highest BCUT2D eigenvalue weighted by Crippen LogP contribution is 2.45. The third-order valence-corrected chi connectivity index (χ3v) is 6.22. The molecule has 0 bridgehead atoms. The van der Waals surface area contributed by atoms with E-state index in [0.29, 0.717) is 17.6 Å². The van der Waals surface area contributed by atoms with E-state index < -0.39 is 5.92 Å². The predicted octanol–water partition coefficient (Wildman–Crippen LogP) is 4.78. The Balaban J connectivity index is 1.76. The summed E-state index contributed by atoms with van der Waals surface area (Å²) < 4.78 is 5.68. The molecular weight excluding hydrogens is 388 g/mol. The van der Waals surface area contributed by atoms with Gasteiger partial charge in [-0.1, -0.05) is 43.3 Å². The number of pyridine rings is 1. The average molecular weight is 417 g/mol. The molecule has 1 aromatic heterocycles. The van der Waals surface area contributed by atoms with Crippen LogP contribution >= 0.6 is 0 Å². The second-order valence-corrected chi connectivity index (χ2v) is 8.34. The Labute approximate surface area is 183 Å². The first-order valence-electron chi connectivity index (χ1n) is 10.9. The molecule has 4 rings (SSSR count). The zero-order chi connectivity index (χ0) is 22.0. The summed E-state index contributed by atoms with van der Waals surface area (Å²) in [6.45, 7) is 5.74. The zero-order valence-corrected chi connectivity index (χ0v) is 18.2. The Morgan fingerprint density at radius 2 is 1.90 bits per heavy atom. The molecule has 1 aliphatic heterocycles. The second kappa shape index (κ2) is 8.88. The van der Waals surface area contributed by atoms with E-state index in [4.69, 9.17) is 4.74 Å². The van der Waals surface area contributed by atoms with Gasteiger partial charge in [0.25, 0.3) is 0 Å². The largest absolute Gasteiger partial charge is 0.459 e. The van der Waals surface area contributed by atoms with Crippen LogP contribution in [0.15, 0.2) is 77.4 Å². The van der Waals surface area contributed by atoms with Gasteiger partial charge in [0, 0.05) is 41.7 Å². The van der Waals surface area contributed by atoms with Crippen molar-refractivity contribution in [1.29, 1.82) is 0 Å². The lowest BCUT2D eigenvalue weighted by atomic mass is 9.72. The summed E-state index contributed by atoms with van der Waals surface area (Å²) in [5, 5.41) is 3.39. The molecule has 1 N–H and O–H groups in total. The van der Waals surface area contributed by atoms with Crippen LogP contribution in [0, 0.1) is 0 Å². The molecule has 0 unspecified atom stereocenters. The number of dihydropyridines is 1. The summed E-state index contributed by atoms with van der Waals surface area (Å²) in [6.07, 6.45) is 5.13. The number of ketones is 1. The molecule has 2 heterocycles. The smallest absolute Gasteiger partial charge is 0.337 e. The highest BCUT2D eigenvalue weighted by atomic mass is 16.5. The number of carbonyl (C=O) groups is 2. The van der Waals surface area contributed by atoms with Gasteiger partial charge in [0.1, 0.15) is 0 Å². The summed E-state index contributed by atoms with van der Waals surface area (Å²) in [5.41, 5.74) is 4.80. The van der Waals surface area contributed by atoms with E-state index in [-0.39, 0.29) is 23.8 Å². The number of nitrogens with zero attached hydrogens (tertiary/aromatic N) is 1. The molecule has 5 heteroatoms. The topological polar surface area (TPSA) is 68.3 Å². The fourth-order valence-corrected chi connectivity index (χ4v) is 4.48. The first kappa shape index (κ1) is 21.0. The number of hydrogen-bond donors (Lipinski definition) is 1. The minimum atomic E-state index is -0.467. The molecule has 31 heavy (non-hydrogen) atoms. The van der Waals surface area contributed by atoms with Gasteiger partial charge in [-0.2, -0.15) is 0 Å². The van der Waals surface area contributed by atoms with Crippen LogP contribution < -0.4 is 5.32 Å². The van der Waals surface area contributed by atoms with E-state index in [1.807, 2.05) is 51.1 Å². The number of allylic oxidation sites excluding steroid dienone is 3. The highest BCUT2D eigenvalue weighted by molar-refractivity contribution is 6.04. The Kier molecular flexibility index (Phi) is 6.03. The van der Waals surface area contributed by atoms with Gasteiger partial charge in [0.2, 0.25) is 0 Å². The van der Waals surface area contributed by atoms with Crippen LogP contribution in [0.5, 0.6) is 0 Å². The van der Waals surface area contributed by atoms with Crippen molar-refractivity contribution in [2.75, 3.05) is 0 Å². The highest BCUT2D eigenvalue weighted by Gasteiger charge is 2.41. The number of esters is 1. The number of nitrogens with one attached hydrogen (secondary N) is 1. The van der Waals surface area contributed by atoms with Gasteiger partial charge in [-0.15, -0.1) is 0 Å². The molecule has 2 aromatic rings. The number of rotatable bonds is 5. The molecule has 0 fully saturated rings. The average Bonchev–Trinajstić information content (AvgIpc) is 2.79. The van der Waals surface area contributed by atoms with Crippen molar-refractivity contribution in [3.8, 4) is 0 Å². The van der Waals surface area contributed by atoms with Gasteiger partial charge in [-0.25, -0.2) is 4.79 Å². The van der Waals surface area contributed by atoms with Crippen molar-refractivity contribution in [3.05, 3.63) is 88.5 Å². The molecule has 0 radical (unpaired) electrons. The summed E-state index contributed by atoms with van der Waals surface area (Å²) >= 11 is 0. The molecule has 2 aliphatic rings. The van der Waals surface area contributed by atoms with Crippen LogP contribution in [0.4, 0.5) is 0 Å². The third-order valence-electron chi connectivity index (χ3n) is 6.22. The maximum atomic E-state index is 13.5. The third kappa shape index (κ3) is 4.18. The maximum absolute atomic E-state index is 13.5. The molecule has 5 nitrogen and oxygen atoms in total. The molecule has 160 valence electrons. The summed E-state index contributed by atoms with van der Waals surface area (Å²) in [4.78, 5) is 30.9. The summed E-state index contributed by atoms with van der Waals surface area (Å²) in [6, 6.07) is 13.9. The Hall–Kier alpha value is -3.21. The van der Waals surface area contributed by atoms with Gasteiger partial charge in [0.15, 0.2) is 5.78 Å². The number of hydrogen-bond acceptors (Lipinski definition) is 5. The van der Waals surface area contributed by atoms with Crippen molar-refractivity contribution >= 4 is 11.8 Å². The molecule has 1 aromatic carbocycles. The molecule has 3 atom stereocenters. The second-order valence-electron chi connectivity index (χ2n) is 8.34. The maximum Gasteiger partial charge on any atom is 0.337 e. The van der Waals surface area contributed by atoms with Crippen LogP contribution in [0.3, 0.4) is 0 Å². The molecule has 1 aliphatic carbocycles. The van der Waals surface area contributed by atoms with Crippen molar-refractivity contribution in [1.82, 2.24) is 10.3 Å². The van der Waals surface area contributed by atoms with Crippen molar-refractivity contribution in [2.24, 2.45) is 0 Å². The van der Waals surface area contributed by atoms with E-state index in [1.165, 1.54) is 0 Å². The lowest BCUT2D eigenvalue weighted by molar-refractivity contribution is -0.144. The van der Waals surface area contributed by atoms with Crippen LogP contribution in [0.2, 0.25) is 0 Å². The van der Waals surface area contributed by atoms with Crippen molar-refractivity contribution in [2.45, 2.75) is 58.0 Å². The van der Waals surface area contributed by atoms with Crippen LogP contribution in [-0.4, -0.2) is 22.8 Å². The first-order valence-corrected chi connectivity index (χ1v) is 10.9. The van der Waals surface area contributed by atoms with Gasteiger partial charge in [0.05, 0.1) is 11.7 Å². The quantitative estimate of drug-likeness (QED) is 0.710. The lowest BCUT2D eigenvalue weighted by Crippen LogP contribution is -2.36. The Morgan fingerprint density at radius 1 is 1.16 bits per heavy atom.